The monoisotopic (exact) mass is 332 g/mol. The van der Waals surface area contributed by atoms with Gasteiger partial charge in [-0.15, -0.1) is 0 Å². The summed E-state index contributed by atoms with van der Waals surface area (Å²) < 4.78 is 5.43. The number of nitrogens with zero attached hydrogens (tertiary/aromatic N) is 1. The Morgan fingerprint density at radius 2 is 1.75 bits per heavy atom. The third-order valence-electron chi connectivity index (χ3n) is 4.77. The summed E-state index contributed by atoms with van der Waals surface area (Å²) in [5, 5.41) is 3.11. The van der Waals surface area contributed by atoms with E-state index >= 15 is 0 Å². The molecule has 2 rings (SSSR count). The Bertz CT molecular complexity index is 526. The number of benzene rings is 1. The van der Waals surface area contributed by atoms with Crippen LogP contribution in [0.3, 0.4) is 0 Å². The minimum Gasteiger partial charge on any atom is -0.379 e. The van der Waals surface area contributed by atoms with Crippen molar-refractivity contribution in [2.75, 3.05) is 32.8 Å². The van der Waals surface area contributed by atoms with Crippen molar-refractivity contribution in [1.82, 2.24) is 10.2 Å². The zero-order valence-electron chi connectivity index (χ0n) is 15.8. The molecule has 1 aliphatic heterocycles. The molecule has 4 nitrogen and oxygen atoms in total. The first-order chi connectivity index (χ1) is 11.3. The van der Waals surface area contributed by atoms with Crippen LogP contribution in [-0.2, 0) is 10.2 Å². The van der Waals surface area contributed by atoms with E-state index in [-0.39, 0.29) is 11.3 Å². The molecule has 0 saturated carbocycles. The maximum absolute atomic E-state index is 12.5. The fourth-order valence-corrected chi connectivity index (χ4v) is 3.12. The number of amides is 1. The minimum atomic E-state index is 0.00867. The number of rotatable bonds is 5. The molecule has 0 aliphatic carbocycles. The van der Waals surface area contributed by atoms with Gasteiger partial charge in [-0.3, -0.25) is 9.69 Å². The third kappa shape index (κ3) is 5.05. The number of carbonyl (C=O) groups is 1. The second kappa shape index (κ2) is 8.13. The molecule has 0 radical (unpaired) electrons. The first-order valence-corrected chi connectivity index (χ1v) is 8.99. The van der Waals surface area contributed by atoms with Crippen LogP contribution in [0.4, 0.5) is 0 Å². The molecule has 1 N–H and O–H groups in total. The molecule has 1 unspecified atom stereocenters. The zero-order chi connectivity index (χ0) is 17.7. The van der Waals surface area contributed by atoms with Gasteiger partial charge in [0.25, 0.3) is 5.91 Å². The van der Waals surface area contributed by atoms with Crippen molar-refractivity contribution in [2.45, 2.75) is 46.1 Å². The van der Waals surface area contributed by atoms with Crippen LogP contribution in [0.5, 0.6) is 0 Å². The highest BCUT2D eigenvalue weighted by molar-refractivity contribution is 5.94. The molecule has 1 amide bonds. The van der Waals surface area contributed by atoms with Gasteiger partial charge in [-0.2, -0.15) is 0 Å². The second-order valence-electron chi connectivity index (χ2n) is 8.00. The average Bonchev–Trinajstić information content (AvgIpc) is 2.55. The van der Waals surface area contributed by atoms with E-state index in [1.165, 1.54) is 5.56 Å². The molecule has 1 aromatic carbocycles. The van der Waals surface area contributed by atoms with Crippen LogP contribution in [0.2, 0.25) is 0 Å². The van der Waals surface area contributed by atoms with Crippen LogP contribution < -0.4 is 5.32 Å². The standard InChI is InChI=1S/C20H32N2O2/c1-15(2)18(22-10-12-24-13-11-22)14-21-19(23)16-6-8-17(9-7-16)20(3,4)5/h6-9,15,18H,10-14H2,1-5H3,(H,21,23). The summed E-state index contributed by atoms with van der Waals surface area (Å²) in [6.07, 6.45) is 0. The van der Waals surface area contributed by atoms with Gasteiger partial charge in [-0.25, -0.2) is 0 Å². The van der Waals surface area contributed by atoms with E-state index in [2.05, 4.69) is 57.0 Å². The Balaban J connectivity index is 1.95. The summed E-state index contributed by atoms with van der Waals surface area (Å²) in [4.78, 5) is 14.9. The van der Waals surface area contributed by atoms with Crippen LogP contribution in [-0.4, -0.2) is 49.7 Å². The summed E-state index contributed by atoms with van der Waals surface area (Å²) in [7, 11) is 0. The lowest BCUT2D eigenvalue weighted by Gasteiger charge is -2.36. The summed E-state index contributed by atoms with van der Waals surface area (Å²) in [6.45, 7) is 15.1. The molecule has 1 saturated heterocycles. The quantitative estimate of drug-likeness (QED) is 0.901. The Hall–Kier alpha value is -1.39. The van der Waals surface area contributed by atoms with E-state index in [0.29, 0.717) is 18.5 Å². The van der Waals surface area contributed by atoms with Crippen molar-refractivity contribution in [2.24, 2.45) is 5.92 Å². The zero-order valence-corrected chi connectivity index (χ0v) is 15.8. The summed E-state index contributed by atoms with van der Waals surface area (Å²) in [5.41, 5.74) is 2.08. The van der Waals surface area contributed by atoms with Gasteiger partial charge in [0, 0.05) is 31.2 Å². The lowest BCUT2D eigenvalue weighted by molar-refractivity contribution is 0.00673. The predicted molar refractivity (Wildman–Crippen MR) is 98.5 cm³/mol. The van der Waals surface area contributed by atoms with Crippen molar-refractivity contribution in [3.05, 3.63) is 35.4 Å². The first-order valence-electron chi connectivity index (χ1n) is 8.99. The SMILES string of the molecule is CC(C)C(CNC(=O)c1ccc(C(C)(C)C)cc1)N1CCOCC1. The second-order valence-corrected chi connectivity index (χ2v) is 8.00. The van der Waals surface area contributed by atoms with Gasteiger partial charge in [-0.05, 0) is 29.0 Å². The van der Waals surface area contributed by atoms with Gasteiger partial charge < -0.3 is 10.1 Å². The molecule has 1 aliphatic rings. The smallest absolute Gasteiger partial charge is 0.251 e. The van der Waals surface area contributed by atoms with Gasteiger partial charge in [0.05, 0.1) is 13.2 Å². The number of nitrogens with one attached hydrogen (secondary N) is 1. The Labute approximate surface area is 146 Å². The Morgan fingerprint density at radius 1 is 1.17 bits per heavy atom. The van der Waals surface area contributed by atoms with Crippen LogP contribution in [0.1, 0.15) is 50.5 Å². The third-order valence-corrected chi connectivity index (χ3v) is 4.77. The Morgan fingerprint density at radius 3 is 2.25 bits per heavy atom. The minimum absolute atomic E-state index is 0.00867. The van der Waals surface area contributed by atoms with E-state index in [1.54, 1.807) is 0 Å². The molecular formula is C20H32N2O2. The van der Waals surface area contributed by atoms with Crippen molar-refractivity contribution in [3.63, 3.8) is 0 Å². The molecule has 0 bridgehead atoms. The van der Waals surface area contributed by atoms with Gasteiger partial charge >= 0.3 is 0 Å². The number of hydrogen-bond acceptors (Lipinski definition) is 3. The molecule has 0 aromatic heterocycles. The molecule has 134 valence electrons. The summed E-state index contributed by atoms with van der Waals surface area (Å²) >= 11 is 0. The topological polar surface area (TPSA) is 41.6 Å². The first kappa shape index (κ1) is 18.9. The molecule has 1 fully saturated rings. The van der Waals surface area contributed by atoms with Gasteiger partial charge in [0.2, 0.25) is 0 Å². The largest absolute Gasteiger partial charge is 0.379 e. The number of ether oxygens (including phenoxy) is 1. The number of carbonyl (C=O) groups excluding carboxylic acids is 1. The van der Waals surface area contributed by atoms with Crippen LogP contribution in [0, 0.1) is 5.92 Å². The van der Waals surface area contributed by atoms with Crippen molar-refractivity contribution < 1.29 is 9.53 Å². The van der Waals surface area contributed by atoms with Gasteiger partial charge in [0.15, 0.2) is 0 Å². The molecule has 24 heavy (non-hydrogen) atoms. The lowest BCUT2D eigenvalue weighted by atomic mass is 9.86. The molecule has 1 atom stereocenters. The number of hydrogen-bond donors (Lipinski definition) is 1. The van der Waals surface area contributed by atoms with Crippen LogP contribution >= 0.6 is 0 Å². The van der Waals surface area contributed by atoms with E-state index < -0.39 is 0 Å². The normalized spacial score (nSPS) is 17.8. The lowest BCUT2D eigenvalue weighted by Crippen LogP contribution is -2.51. The molecule has 1 heterocycles. The van der Waals surface area contributed by atoms with Gasteiger partial charge in [-0.1, -0.05) is 46.8 Å². The molecule has 0 spiro atoms. The highest BCUT2D eigenvalue weighted by atomic mass is 16.5. The maximum Gasteiger partial charge on any atom is 0.251 e. The predicted octanol–water partition coefficient (Wildman–Crippen LogP) is 3.07. The number of morpholine rings is 1. The summed E-state index contributed by atoms with van der Waals surface area (Å²) in [5.74, 6) is 0.501. The van der Waals surface area contributed by atoms with Crippen molar-refractivity contribution in [3.8, 4) is 0 Å². The molecular weight excluding hydrogens is 300 g/mol. The van der Waals surface area contributed by atoms with Crippen LogP contribution in [0.15, 0.2) is 24.3 Å². The Kier molecular flexibility index (Phi) is 6.41. The van der Waals surface area contributed by atoms with E-state index in [1.807, 2.05) is 12.1 Å². The van der Waals surface area contributed by atoms with Crippen molar-refractivity contribution >= 4 is 5.91 Å². The highest BCUT2D eigenvalue weighted by Crippen LogP contribution is 2.22. The molecule has 4 heteroatoms. The van der Waals surface area contributed by atoms with E-state index in [4.69, 9.17) is 4.74 Å². The van der Waals surface area contributed by atoms with Gasteiger partial charge in [0.1, 0.15) is 0 Å². The van der Waals surface area contributed by atoms with E-state index in [9.17, 15) is 4.79 Å². The molecule has 1 aromatic rings. The summed E-state index contributed by atoms with van der Waals surface area (Å²) in [6, 6.07) is 8.31. The van der Waals surface area contributed by atoms with Crippen LogP contribution in [0.25, 0.3) is 0 Å². The highest BCUT2D eigenvalue weighted by Gasteiger charge is 2.24. The maximum atomic E-state index is 12.5. The average molecular weight is 332 g/mol. The fraction of sp³-hybridized carbons (Fsp3) is 0.650. The fourth-order valence-electron chi connectivity index (χ4n) is 3.12. The van der Waals surface area contributed by atoms with E-state index in [0.717, 1.165) is 31.9 Å². The van der Waals surface area contributed by atoms with Crippen molar-refractivity contribution in [1.29, 1.82) is 0 Å².